The second-order valence-electron chi connectivity index (χ2n) is 5.02. The molecule has 0 amide bonds. The number of nitrogens with one attached hydrogen (secondary N) is 1. The average Bonchev–Trinajstić information content (AvgIpc) is 2.19. The minimum Gasteiger partial charge on any atom is -0.316 e. The van der Waals surface area contributed by atoms with Gasteiger partial charge in [-0.25, -0.2) is 0 Å². The summed E-state index contributed by atoms with van der Waals surface area (Å²) in [5.41, 5.74) is 1.84. The normalized spacial score (nSPS) is 25.1. The van der Waals surface area contributed by atoms with E-state index in [2.05, 4.69) is 59.4 Å². The Balaban J connectivity index is 2.33. The molecule has 1 atom stereocenters. The molecule has 0 aromatic heterocycles. The fraction of sp³-hybridized carbons (Fsp3) is 0.538. The molecule has 1 N–H and O–H groups in total. The van der Waals surface area contributed by atoms with Gasteiger partial charge in [-0.2, -0.15) is 0 Å². The molecule has 15 heavy (non-hydrogen) atoms. The molecule has 1 fully saturated rings. The van der Waals surface area contributed by atoms with Crippen molar-refractivity contribution in [1.82, 2.24) is 5.32 Å². The monoisotopic (exact) mass is 267 g/mol. The van der Waals surface area contributed by atoms with Gasteiger partial charge in [-0.05, 0) is 30.0 Å². The summed E-state index contributed by atoms with van der Waals surface area (Å²) >= 11 is 3.66. The quantitative estimate of drug-likeness (QED) is 0.821. The highest BCUT2D eigenvalue weighted by molar-refractivity contribution is 9.10. The van der Waals surface area contributed by atoms with Crippen molar-refractivity contribution in [2.24, 2.45) is 5.41 Å². The van der Waals surface area contributed by atoms with Gasteiger partial charge in [-0.3, -0.25) is 0 Å². The molecule has 2 heteroatoms. The highest BCUT2D eigenvalue weighted by Gasteiger charge is 2.33. The van der Waals surface area contributed by atoms with Crippen LogP contribution >= 0.6 is 15.9 Å². The van der Waals surface area contributed by atoms with Gasteiger partial charge in [0.1, 0.15) is 0 Å². The standard InChI is InChI=1S/C13H18BrN/c1-13(2)7-8-15-9-11(13)10-5-3-4-6-12(10)14/h3-6,11,15H,7-9H2,1-2H3. The first-order valence-corrected chi connectivity index (χ1v) is 6.36. The van der Waals surface area contributed by atoms with Gasteiger partial charge in [0.05, 0.1) is 0 Å². The maximum atomic E-state index is 3.66. The van der Waals surface area contributed by atoms with Crippen LogP contribution in [0.3, 0.4) is 0 Å². The number of halogens is 1. The zero-order valence-corrected chi connectivity index (χ0v) is 11.0. The van der Waals surface area contributed by atoms with Crippen LogP contribution in [0.1, 0.15) is 31.7 Å². The highest BCUT2D eigenvalue weighted by atomic mass is 79.9. The van der Waals surface area contributed by atoms with Gasteiger partial charge in [0, 0.05) is 16.9 Å². The summed E-state index contributed by atoms with van der Waals surface area (Å²) in [5, 5.41) is 3.50. The largest absolute Gasteiger partial charge is 0.316 e. The molecule has 0 bridgehead atoms. The molecule has 0 aliphatic carbocycles. The minimum atomic E-state index is 0.398. The number of hydrogen-bond acceptors (Lipinski definition) is 1. The zero-order valence-electron chi connectivity index (χ0n) is 9.39. The third-order valence-electron chi connectivity index (χ3n) is 3.52. The van der Waals surface area contributed by atoms with E-state index < -0.39 is 0 Å². The van der Waals surface area contributed by atoms with Crippen LogP contribution in [0.25, 0.3) is 0 Å². The lowest BCUT2D eigenvalue weighted by Gasteiger charge is -2.39. The van der Waals surface area contributed by atoms with Crippen LogP contribution in [0, 0.1) is 5.41 Å². The lowest BCUT2D eigenvalue weighted by atomic mass is 9.71. The molecule has 0 spiro atoms. The van der Waals surface area contributed by atoms with Crippen molar-refractivity contribution in [3.8, 4) is 0 Å². The molecular weight excluding hydrogens is 250 g/mol. The van der Waals surface area contributed by atoms with E-state index >= 15 is 0 Å². The molecule has 1 heterocycles. The van der Waals surface area contributed by atoms with Crippen molar-refractivity contribution < 1.29 is 0 Å². The van der Waals surface area contributed by atoms with E-state index in [1.807, 2.05) is 0 Å². The van der Waals surface area contributed by atoms with Gasteiger partial charge in [-0.1, -0.05) is 48.0 Å². The zero-order chi connectivity index (χ0) is 10.9. The van der Waals surface area contributed by atoms with E-state index in [0.717, 1.165) is 13.1 Å². The molecule has 2 rings (SSSR count). The molecular formula is C13H18BrN. The third-order valence-corrected chi connectivity index (χ3v) is 4.24. The summed E-state index contributed by atoms with van der Waals surface area (Å²) in [5.74, 6) is 0.613. The van der Waals surface area contributed by atoms with Crippen LogP contribution in [0.15, 0.2) is 28.7 Å². The smallest absolute Gasteiger partial charge is 0.0210 e. The SMILES string of the molecule is CC1(C)CCNCC1c1ccccc1Br. The lowest BCUT2D eigenvalue weighted by molar-refractivity contribution is 0.214. The molecule has 1 aliphatic heterocycles. The Morgan fingerprint density at radius 3 is 2.73 bits per heavy atom. The summed E-state index contributed by atoms with van der Waals surface area (Å²) in [4.78, 5) is 0. The van der Waals surface area contributed by atoms with Crippen molar-refractivity contribution >= 4 is 15.9 Å². The summed E-state index contributed by atoms with van der Waals surface area (Å²) in [6.07, 6.45) is 1.25. The van der Waals surface area contributed by atoms with E-state index in [-0.39, 0.29) is 0 Å². The average molecular weight is 268 g/mol. The molecule has 0 radical (unpaired) electrons. The predicted octanol–water partition coefficient (Wildman–Crippen LogP) is 3.55. The van der Waals surface area contributed by atoms with Crippen molar-refractivity contribution in [1.29, 1.82) is 0 Å². The van der Waals surface area contributed by atoms with Gasteiger partial charge in [0.15, 0.2) is 0 Å². The number of piperidine rings is 1. The van der Waals surface area contributed by atoms with Crippen LogP contribution in [-0.2, 0) is 0 Å². The number of rotatable bonds is 1. The lowest BCUT2D eigenvalue weighted by Crippen LogP contribution is -2.40. The Morgan fingerprint density at radius 1 is 1.33 bits per heavy atom. The summed E-state index contributed by atoms with van der Waals surface area (Å²) < 4.78 is 1.24. The van der Waals surface area contributed by atoms with E-state index in [4.69, 9.17) is 0 Å². The van der Waals surface area contributed by atoms with Crippen LogP contribution in [0.5, 0.6) is 0 Å². The topological polar surface area (TPSA) is 12.0 Å². The molecule has 1 aromatic carbocycles. The van der Waals surface area contributed by atoms with Gasteiger partial charge in [0.2, 0.25) is 0 Å². The van der Waals surface area contributed by atoms with E-state index in [1.54, 1.807) is 0 Å². The first-order chi connectivity index (χ1) is 7.11. The predicted molar refractivity (Wildman–Crippen MR) is 68.2 cm³/mol. The van der Waals surface area contributed by atoms with E-state index in [9.17, 15) is 0 Å². The van der Waals surface area contributed by atoms with Gasteiger partial charge < -0.3 is 5.32 Å². The highest BCUT2D eigenvalue weighted by Crippen LogP contribution is 2.42. The number of hydrogen-bond donors (Lipinski definition) is 1. The van der Waals surface area contributed by atoms with Crippen LogP contribution in [0.4, 0.5) is 0 Å². The van der Waals surface area contributed by atoms with E-state index in [1.165, 1.54) is 16.5 Å². The second-order valence-corrected chi connectivity index (χ2v) is 5.87. The number of benzene rings is 1. The molecule has 1 unspecified atom stereocenters. The summed E-state index contributed by atoms with van der Waals surface area (Å²) in [6.45, 7) is 6.99. The Morgan fingerprint density at radius 2 is 2.07 bits per heavy atom. The Bertz CT molecular complexity index is 346. The first-order valence-electron chi connectivity index (χ1n) is 5.56. The maximum absolute atomic E-state index is 3.66. The van der Waals surface area contributed by atoms with Crippen LogP contribution in [0.2, 0.25) is 0 Å². The molecule has 1 aromatic rings. The summed E-state index contributed by atoms with van der Waals surface area (Å²) in [6, 6.07) is 8.59. The molecule has 82 valence electrons. The van der Waals surface area contributed by atoms with Gasteiger partial charge >= 0.3 is 0 Å². The fourth-order valence-corrected chi connectivity index (χ4v) is 2.96. The molecule has 1 aliphatic rings. The second kappa shape index (κ2) is 4.26. The van der Waals surface area contributed by atoms with Crippen molar-refractivity contribution in [3.05, 3.63) is 34.3 Å². The van der Waals surface area contributed by atoms with Crippen molar-refractivity contribution in [2.45, 2.75) is 26.2 Å². The van der Waals surface area contributed by atoms with E-state index in [0.29, 0.717) is 11.3 Å². The fourth-order valence-electron chi connectivity index (χ4n) is 2.40. The minimum absolute atomic E-state index is 0.398. The van der Waals surface area contributed by atoms with Crippen LogP contribution in [-0.4, -0.2) is 13.1 Å². The van der Waals surface area contributed by atoms with Crippen molar-refractivity contribution in [2.75, 3.05) is 13.1 Å². The van der Waals surface area contributed by atoms with Crippen molar-refractivity contribution in [3.63, 3.8) is 0 Å². The Hall–Kier alpha value is -0.340. The molecule has 0 saturated carbocycles. The molecule has 1 nitrogen and oxygen atoms in total. The first kappa shape index (κ1) is 11.2. The Kier molecular flexibility index (Phi) is 3.17. The van der Waals surface area contributed by atoms with Gasteiger partial charge in [0.25, 0.3) is 0 Å². The molecule has 1 saturated heterocycles. The summed E-state index contributed by atoms with van der Waals surface area (Å²) in [7, 11) is 0. The van der Waals surface area contributed by atoms with Crippen LogP contribution < -0.4 is 5.32 Å². The third kappa shape index (κ3) is 2.26. The maximum Gasteiger partial charge on any atom is 0.0210 e. The van der Waals surface area contributed by atoms with Gasteiger partial charge in [-0.15, -0.1) is 0 Å². The Labute approximate surface area is 100 Å².